The average molecular weight is 237 g/mol. The fourth-order valence-corrected chi connectivity index (χ4v) is 1.54. The lowest BCUT2D eigenvalue weighted by Crippen LogP contribution is -2.21. The lowest BCUT2D eigenvalue weighted by molar-refractivity contribution is -0.144. The minimum absolute atomic E-state index is 0.164. The van der Waals surface area contributed by atoms with Crippen LogP contribution in [-0.2, 0) is 9.53 Å². The Morgan fingerprint density at radius 1 is 1.41 bits per heavy atom. The number of methoxy groups -OCH3 is 2. The highest BCUT2D eigenvalue weighted by molar-refractivity contribution is 5.72. The van der Waals surface area contributed by atoms with Gasteiger partial charge < -0.3 is 14.8 Å². The smallest absolute Gasteiger partial charge is 0.310 e. The zero-order valence-corrected chi connectivity index (χ0v) is 10.7. The molecule has 0 aromatic heterocycles. The van der Waals surface area contributed by atoms with Crippen LogP contribution < -0.4 is 10.1 Å². The Morgan fingerprint density at radius 2 is 2.12 bits per heavy atom. The van der Waals surface area contributed by atoms with Crippen LogP contribution in [0.1, 0.15) is 12.5 Å². The van der Waals surface area contributed by atoms with Gasteiger partial charge in [-0.15, -0.1) is 0 Å². The largest absolute Gasteiger partial charge is 0.496 e. The molecule has 0 heterocycles. The van der Waals surface area contributed by atoms with E-state index >= 15 is 0 Å². The summed E-state index contributed by atoms with van der Waals surface area (Å²) < 4.78 is 9.84. The minimum Gasteiger partial charge on any atom is -0.496 e. The second-order valence-electron chi connectivity index (χ2n) is 3.99. The molecule has 0 saturated heterocycles. The number of carbonyl (C=O) groups excluding carboxylic acids is 1. The molecule has 0 aliphatic rings. The molecule has 1 N–H and O–H groups in total. The maximum absolute atomic E-state index is 11.2. The number of anilines is 1. The molecule has 0 saturated carbocycles. The molecule has 0 bridgehead atoms. The van der Waals surface area contributed by atoms with Gasteiger partial charge in [0.15, 0.2) is 0 Å². The number of ether oxygens (including phenoxy) is 2. The van der Waals surface area contributed by atoms with E-state index in [9.17, 15) is 4.79 Å². The number of nitrogens with one attached hydrogen (secondary N) is 1. The van der Waals surface area contributed by atoms with Crippen LogP contribution in [0.4, 0.5) is 5.69 Å². The zero-order valence-electron chi connectivity index (χ0n) is 10.7. The van der Waals surface area contributed by atoms with Gasteiger partial charge in [0.05, 0.1) is 20.1 Å². The molecule has 17 heavy (non-hydrogen) atoms. The van der Waals surface area contributed by atoms with Crippen LogP contribution >= 0.6 is 0 Å². The van der Waals surface area contributed by atoms with Gasteiger partial charge in [-0.1, -0.05) is 6.92 Å². The van der Waals surface area contributed by atoms with Crippen LogP contribution in [0, 0.1) is 12.8 Å². The summed E-state index contributed by atoms with van der Waals surface area (Å²) in [4.78, 5) is 11.2. The topological polar surface area (TPSA) is 47.6 Å². The van der Waals surface area contributed by atoms with Gasteiger partial charge in [0.25, 0.3) is 0 Å². The van der Waals surface area contributed by atoms with Crippen molar-refractivity contribution in [1.82, 2.24) is 0 Å². The number of aryl methyl sites for hydroxylation is 1. The second kappa shape index (κ2) is 6.13. The summed E-state index contributed by atoms with van der Waals surface area (Å²) in [6.45, 7) is 4.36. The van der Waals surface area contributed by atoms with Gasteiger partial charge in [0.1, 0.15) is 5.75 Å². The summed E-state index contributed by atoms with van der Waals surface area (Å²) in [6, 6.07) is 5.82. The monoisotopic (exact) mass is 237 g/mol. The summed E-state index contributed by atoms with van der Waals surface area (Å²) in [7, 11) is 3.05. The highest BCUT2D eigenvalue weighted by Crippen LogP contribution is 2.21. The zero-order chi connectivity index (χ0) is 12.8. The van der Waals surface area contributed by atoms with Gasteiger partial charge in [-0.05, 0) is 30.7 Å². The third-order valence-corrected chi connectivity index (χ3v) is 2.61. The van der Waals surface area contributed by atoms with Crippen molar-refractivity contribution in [1.29, 1.82) is 0 Å². The van der Waals surface area contributed by atoms with E-state index in [4.69, 9.17) is 4.74 Å². The molecule has 0 aliphatic carbocycles. The van der Waals surface area contributed by atoms with Crippen LogP contribution in [-0.4, -0.2) is 26.7 Å². The Kier molecular flexibility index (Phi) is 4.82. The van der Waals surface area contributed by atoms with Gasteiger partial charge >= 0.3 is 5.97 Å². The normalized spacial score (nSPS) is 11.8. The van der Waals surface area contributed by atoms with Crippen LogP contribution in [0.5, 0.6) is 5.75 Å². The van der Waals surface area contributed by atoms with Gasteiger partial charge in [-0.25, -0.2) is 0 Å². The molecule has 0 amide bonds. The van der Waals surface area contributed by atoms with Crippen molar-refractivity contribution in [3.05, 3.63) is 23.8 Å². The van der Waals surface area contributed by atoms with E-state index in [2.05, 4.69) is 10.1 Å². The van der Waals surface area contributed by atoms with E-state index in [1.165, 1.54) is 7.11 Å². The minimum atomic E-state index is -0.206. The van der Waals surface area contributed by atoms with Crippen molar-refractivity contribution in [3.63, 3.8) is 0 Å². The highest BCUT2D eigenvalue weighted by atomic mass is 16.5. The highest BCUT2D eigenvalue weighted by Gasteiger charge is 2.12. The molecule has 1 atom stereocenters. The maximum Gasteiger partial charge on any atom is 0.310 e. The summed E-state index contributed by atoms with van der Waals surface area (Å²) >= 11 is 0. The summed E-state index contributed by atoms with van der Waals surface area (Å²) in [5.74, 6) is 0.488. The molecule has 1 rings (SSSR count). The summed E-state index contributed by atoms with van der Waals surface area (Å²) in [6.07, 6.45) is 0. The lowest BCUT2D eigenvalue weighted by atomic mass is 10.1. The Bertz CT molecular complexity index is 390. The van der Waals surface area contributed by atoms with Crippen LogP contribution in [0.25, 0.3) is 0 Å². The molecule has 1 unspecified atom stereocenters. The predicted molar refractivity (Wildman–Crippen MR) is 67.4 cm³/mol. The van der Waals surface area contributed by atoms with Gasteiger partial charge in [-0.2, -0.15) is 0 Å². The molecule has 4 nitrogen and oxygen atoms in total. The van der Waals surface area contributed by atoms with Crippen LogP contribution in [0.15, 0.2) is 18.2 Å². The Morgan fingerprint density at radius 3 is 2.65 bits per heavy atom. The third-order valence-electron chi connectivity index (χ3n) is 2.61. The van der Waals surface area contributed by atoms with E-state index in [-0.39, 0.29) is 11.9 Å². The molecule has 1 aromatic carbocycles. The molecular formula is C13H19NO3. The van der Waals surface area contributed by atoms with Crippen LogP contribution in [0.3, 0.4) is 0 Å². The first-order valence-corrected chi connectivity index (χ1v) is 5.54. The molecule has 0 radical (unpaired) electrons. The number of esters is 1. The molecule has 0 fully saturated rings. The second-order valence-corrected chi connectivity index (χ2v) is 3.99. The number of hydrogen-bond donors (Lipinski definition) is 1. The van der Waals surface area contributed by atoms with Gasteiger partial charge in [-0.3, -0.25) is 4.79 Å². The fourth-order valence-electron chi connectivity index (χ4n) is 1.54. The van der Waals surface area contributed by atoms with Crippen molar-refractivity contribution in [2.24, 2.45) is 5.92 Å². The Labute approximate surface area is 102 Å². The van der Waals surface area contributed by atoms with E-state index in [0.29, 0.717) is 6.54 Å². The van der Waals surface area contributed by atoms with E-state index in [1.54, 1.807) is 7.11 Å². The first-order valence-electron chi connectivity index (χ1n) is 5.54. The SMILES string of the molecule is COC(=O)C(C)CNc1ccc(OC)c(C)c1. The quantitative estimate of drug-likeness (QED) is 0.798. The first kappa shape index (κ1) is 13.4. The van der Waals surface area contributed by atoms with Crippen molar-refractivity contribution in [2.75, 3.05) is 26.1 Å². The number of rotatable bonds is 5. The standard InChI is InChI=1S/C13H19NO3/c1-9-7-11(5-6-12(9)16-3)14-8-10(2)13(15)17-4/h5-7,10,14H,8H2,1-4H3. The van der Waals surface area contributed by atoms with Crippen LogP contribution in [0.2, 0.25) is 0 Å². The van der Waals surface area contributed by atoms with E-state index in [1.807, 2.05) is 32.0 Å². The van der Waals surface area contributed by atoms with Gasteiger partial charge in [0.2, 0.25) is 0 Å². The fraction of sp³-hybridized carbons (Fsp3) is 0.462. The molecule has 0 aliphatic heterocycles. The van der Waals surface area contributed by atoms with E-state index < -0.39 is 0 Å². The average Bonchev–Trinajstić information content (AvgIpc) is 2.35. The number of hydrogen-bond acceptors (Lipinski definition) is 4. The summed E-state index contributed by atoms with van der Waals surface area (Å²) in [5.41, 5.74) is 2.03. The molecule has 1 aromatic rings. The predicted octanol–water partition coefficient (Wildman–Crippen LogP) is 2.22. The molecular weight excluding hydrogens is 218 g/mol. The van der Waals surface area contributed by atoms with Crippen molar-refractivity contribution in [2.45, 2.75) is 13.8 Å². The maximum atomic E-state index is 11.2. The van der Waals surface area contributed by atoms with Crippen molar-refractivity contribution < 1.29 is 14.3 Å². The number of benzene rings is 1. The molecule has 4 heteroatoms. The van der Waals surface area contributed by atoms with E-state index in [0.717, 1.165) is 17.0 Å². The molecule has 94 valence electrons. The Balaban J connectivity index is 2.58. The first-order chi connectivity index (χ1) is 8.08. The Hall–Kier alpha value is -1.71. The van der Waals surface area contributed by atoms with Crippen molar-refractivity contribution in [3.8, 4) is 5.75 Å². The van der Waals surface area contributed by atoms with Gasteiger partial charge in [0, 0.05) is 12.2 Å². The summed E-state index contributed by atoms with van der Waals surface area (Å²) in [5, 5.41) is 3.20. The van der Waals surface area contributed by atoms with Crippen molar-refractivity contribution >= 4 is 11.7 Å². The third kappa shape index (κ3) is 3.66. The lowest BCUT2D eigenvalue weighted by Gasteiger charge is -2.13. The molecule has 0 spiro atoms. The number of carbonyl (C=O) groups is 1.